The number of benzene rings is 1. The number of nitro groups is 1. The first kappa shape index (κ1) is 14.9. The van der Waals surface area contributed by atoms with Gasteiger partial charge >= 0.3 is 0 Å². The Hall–Kier alpha value is -2.48. The van der Waals surface area contributed by atoms with Gasteiger partial charge in [0.25, 0.3) is 5.69 Å². The van der Waals surface area contributed by atoms with Crippen LogP contribution in [-0.4, -0.2) is 18.3 Å². The van der Waals surface area contributed by atoms with Gasteiger partial charge in [-0.2, -0.15) is 0 Å². The molecule has 0 saturated carbocycles. The fourth-order valence-corrected chi connectivity index (χ4v) is 2.97. The molecule has 2 aromatic rings. The lowest BCUT2D eigenvalue weighted by Gasteiger charge is -2.08. The highest BCUT2D eigenvalue weighted by Crippen LogP contribution is 2.20. The Labute approximate surface area is 121 Å². The highest BCUT2D eigenvalue weighted by atomic mass is 32.2. The molecule has 0 bridgehead atoms. The van der Waals surface area contributed by atoms with E-state index in [1.807, 2.05) is 0 Å². The summed E-state index contributed by atoms with van der Waals surface area (Å²) in [6, 6.07) is 10.7. The lowest BCUT2D eigenvalue weighted by molar-refractivity contribution is -0.385. The van der Waals surface area contributed by atoms with E-state index in [9.17, 15) is 18.5 Å². The minimum atomic E-state index is -3.78. The summed E-state index contributed by atoms with van der Waals surface area (Å²) in [5, 5.41) is 10.9. The number of rotatable bonds is 5. The number of para-hydroxylation sites is 1. The average Bonchev–Trinajstić information content (AvgIpc) is 2.37. The number of pyridine rings is 1. The number of anilines is 1. The second-order valence-electron chi connectivity index (χ2n) is 4.41. The summed E-state index contributed by atoms with van der Waals surface area (Å²) in [6.45, 7) is 1.74. The minimum absolute atomic E-state index is 0.127. The van der Waals surface area contributed by atoms with Crippen LogP contribution in [-0.2, 0) is 15.8 Å². The maximum absolute atomic E-state index is 12.1. The predicted molar refractivity (Wildman–Crippen MR) is 78.3 cm³/mol. The molecule has 110 valence electrons. The second-order valence-corrected chi connectivity index (χ2v) is 6.13. The van der Waals surface area contributed by atoms with E-state index in [2.05, 4.69) is 9.71 Å². The van der Waals surface area contributed by atoms with E-state index in [1.165, 1.54) is 24.3 Å². The molecule has 0 aliphatic carbocycles. The number of nitrogens with one attached hydrogen (secondary N) is 1. The van der Waals surface area contributed by atoms with E-state index < -0.39 is 20.7 Å². The Morgan fingerprint density at radius 2 is 1.90 bits per heavy atom. The Morgan fingerprint density at radius 3 is 2.57 bits per heavy atom. The minimum Gasteiger partial charge on any atom is -0.267 e. The largest absolute Gasteiger partial charge is 0.273 e. The molecule has 1 aromatic carbocycles. The molecule has 1 heterocycles. The highest BCUT2D eigenvalue weighted by Gasteiger charge is 2.20. The molecule has 0 saturated heterocycles. The normalized spacial score (nSPS) is 11.1. The number of hydrogen-bond acceptors (Lipinski definition) is 5. The van der Waals surface area contributed by atoms with Crippen LogP contribution in [0.4, 0.5) is 11.5 Å². The summed E-state index contributed by atoms with van der Waals surface area (Å²) < 4.78 is 26.5. The van der Waals surface area contributed by atoms with Crippen molar-refractivity contribution in [2.75, 3.05) is 4.72 Å². The number of sulfonamides is 1. The first-order valence-corrected chi connectivity index (χ1v) is 7.69. The van der Waals surface area contributed by atoms with Crippen molar-refractivity contribution in [2.45, 2.75) is 12.7 Å². The predicted octanol–water partition coefficient (Wildman–Crippen LogP) is 2.24. The van der Waals surface area contributed by atoms with Gasteiger partial charge in [-0.05, 0) is 19.1 Å². The molecule has 0 aliphatic rings. The molecule has 1 N–H and O–H groups in total. The number of nitrogens with zero attached hydrogens (tertiary/aromatic N) is 2. The van der Waals surface area contributed by atoms with Crippen LogP contribution in [0.5, 0.6) is 0 Å². The van der Waals surface area contributed by atoms with Crippen LogP contribution in [0.1, 0.15) is 11.3 Å². The highest BCUT2D eigenvalue weighted by molar-refractivity contribution is 7.91. The van der Waals surface area contributed by atoms with Crippen molar-refractivity contribution in [1.82, 2.24) is 4.98 Å². The van der Waals surface area contributed by atoms with Gasteiger partial charge < -0.3 is 0 Å². The van der Waals surface area contributed by atoms with Crippen molar-refractivity contribution < 1.29 is 13.3 Å². The van der Waals surface area contributed by atoms with Gasteiger partial charge in [0.15, 0.2) is 0 Å². The molecule has 0 fully saturated rings. The zero-order valence-corrected chi connectivity index (χ0v) is 12.0. The molecule has 0 atom stereocenters. The van der Waals surface area contributed by atoms with E-state index in [-0.39, 0.29) is 17.1 Å². The first-order valence-electron chi connectivity index (χ1n) is 6.04. The summed E-state index contributed by atoms with van der Waals surface area (Å²) in [6.07, 6.45) is 0. The molecule has 21 heavy (non-hydrogen) atoms. The number of nitro benzene ring substituents is 1. The van der Waals surface area contributed by atoms with Crippen molar-refractivity contribution in [1.29, 1.82) is 0 Å². The lowest BCUT2D eigenvalue weighted by atomic mass is 10.2. The molecule has 8 heteroatoms. The maximum atomic E-state index is 12.1. The summed E-state index contributed by atoms with van der Waals surface area (Å²) in [5.74, 6) is -0.298. The van der Waals surface area contributed by atoms with E-state index in [0.29, 0.717) is 5.69 Å². The van der Waals surface area contributed by atoms with Gasteiger partial charge in [-0.1, -0.05) is 24.3 Å². The standard InChI is InChI=1S/C13H13N3O4S/c1-10-5-4-8-13(14-10)15-21(19,20)9-11-6-2-3-7-12(11)16(17)18/h2-8H,9H2,1H3,(H,14,15). The van der Waals surface area contributed by atoms with Gasteiger partial charge in [-0.25, -0.2) is 13.4 Å². The number of aromatic nitrogens is 1. The van der Waals surface area contributed by atoms with Crippen LogP contribution in [0.2, 0.25) is 0 Å². The third kappa shape index (κ3) is 3.99. The smallest absolute Gasteiger partial charge is 0.267 e. The zero-order chi connectivity index (χ0) is 15.5. The van der Waals surface area contributed by atoms with Gasteiger partial charge in [-0.3, -0.25) is 14.8 Å². The monoisotopic (exact) mass is 307 g/mol. The van der Waals surface area contributed by atoms with Gasteiger partial charge in [0, 0.05) is 17.3 Å². The maximum Gasteiger partial charge on any atom is 0.273 e. The van der Waals surface area contributed by atoms with Crippen LogP contribution < -0.4 is 4.72 Å². The van der Waals surface area contributed by atoms with E-state index in [4.69, 9.17) is 0 Å². The topological polar surface area (TPSA) is 102 Å². The summed E-state index contributed by atoms with van der Waals surface area (Å²) in [7, 11) is -3.78. The summed E-state index contributed by atoms with van der Waals surface area (Å²) in [4.78, 5) is 14.3. The molecule has 0 unspecified atom stereocenters. The summed E-state index contributed by atoms with van der Waals surface area (Å²) >= 11 is 0. The first-order chi connectivity index (χ1) is 9.87. The molecule has 0 spiro atoms. The van der Waals surface area contributed by atoms with Gasteiger partial charge in [0.2, 0.25) is 10.0 Å². The fraction of sp³-hybridized carbons (Fsp3) is 0.154. The van der Waals surface area contributed by atoms with Gasteiger partial charge in [0.1, 0.15) is 11.6 Å². The van der Waals surface area contributed by atoms with Crippen molar-refractivity contribution in [3.63, 3.8) is 0 Å². The molecule has 2 rings (SSSR count). The Kier molecular flexibility index (Phi) is 4.18. The van der Waals surface area contributed by atoms with Crippen molar-refractivity contribution >= 4 is 21.5 Å². The molecule has 0 radical (unpaired) electrons. The number of aryl methyl sites for hydroxylation is 1. The third-order valence-electron chi connectivity index (χ3n) is 2.68. The Balaban J connectivity index is 2.24. The van der Waals surface area contributed by atoms with Crippen molar-refractivity contribution in [3.05, 3.63) is 63.8 Å². The van der Waals surface area contributed by atoms with Crippen LogP contribution in [0.15, 0.2) is 42.5 Å². The average molecular weight is 307 g/mol. The second kappa shape index (κ2) is 5.88. The van der Waals surface area contributed by atoms with Gasteiger partial charge in [-0.15, -0.1) is 0 Å². The van der Waals surface area contributed by atoms with Crippen molar-refractivity contribution in [2.24, 2.45) is 0 Å². The molecule has 0 amide bonds. The third-order valence-corrected chi connectivity index (χ3v) is 3.89. The molecular formula is C13H13N3O4S. The summed E-state index contributed by atoms with van der Waals surface area (Å²) in [5.41, 5.74) is 0.573. The Morgan fingerprint density at radius 1 is 1.19 bits per heavy atom. The fourth-order valence-electron chi connectivity index (χ4n) is 1.81. The van der Waals surface area contributed by atoms with E-state index >= 15 is 0 Å². The van der Waals surface area contributed by atoms with Crippen LogP contribution >= 0.6 is 0 Å². The quantitative estimate of drug-likeness (QED) is 0.674. The van der Waals surface area contributed by atoms with Crippen molar-refractivity contribution in [3.8, 4) is 0 Å². The van der Waals surface area contributed by atoms with Crippen LogP contribution in [0, 0.1) is 17.0 Å². The molecular weight excluding hydrogens is 294 g/mol. The molecule has 0 aliphatic heterocycles. The van der Waals surface area contributed by atoms with E-state index in [0.717, 1.165) is 0 Å². The van der Waals surface area contributed by atoms with Gasteiger partial charge in [0.05, 0.1) is 4.92 Å². The van der Waals surface area contributed by atoms with E-state index in [1.54, 1.807) is 25.1 Å². The SMILES string of the molecule is Cc1cccc(NS(=O)(=O)Cc2ccccc2[N+](=O)[O-])n1. The number of hydrogen-bond donors (Lipinski definition) is 1. The zero-order valence-electron chi connectivity index (χ0n) is 11.2. The van der Waals surface area contributed by atoms with Crippen LogP contribution in [0.25, 0.3) is 0 Å². The Bertz CT molecular complexity index is 774. The molecule has 7 nitrogen and oxygen atoms in total. The van der Waals surface area contributed by atoms with Crippen LogP contribution in [0.3, 0.4) is 0 Å². The molecule has 1 aromatic heterocycles. The lowest BCUT2D eigenvalue weighted by Crippen LogP contribution is -2.16.